The van der Waals surface area contributed by atoms with Crippen molar-refractivity contribution < 1.29 is 14.4 Å². The van der Waals surface area contributed by atoms with Crippen LogP contribution in [0.1, 0.15) is 12.8 Å². The second-order valence-electron chi connectivity index (χ2n) is 5.99. The molecule has 1 saturated heterocycles. The Labute approximate surface area is 156 Å². The van der Waals surface area contributed by atoms with Crippen LogP contribution in [0.5, 0.6) is 0 Å². The summed E-state index contributed by atoms with van der Waals surface area (Å²) < 4.78 is 0. The van der Waals surface area contributed by atoms with Crippen molar-refractivity contribution in [1.82, 2.24) is 10.7 Å². The van der Waals surface area contributed by atoms with E-state index >= 15 is 0 Å². The first-order valence-electron chi connectivity index (χ1n) is 8.60. The van der Waals surface area contributed by atoms with E-state index in [-0.39, 0.29) is 36.6 Å². The fourth-order valence-electron chi connectivity index (χ4n) is 2.68. The Kier molecular flexibility index (Phi) is 5.84. The van der Waals surface area contributed by atoms with Crippen molar-refractivity contribution >= 4 is 29.0 Å². The molecule has 0 spiro atoms. The quantitative estimate of drug-likeness (QED) is 0.342. The van der Waals surface area contributed by atoms with Gasteiger partial charge in [0.05, 0.1) is 12.2 Å². The average Bonchev–Trinajstić information content (AvgIpc) is 3.03. The van der Waals surface area contributed by atoms with Gasteiger partial charge in [0.15, 0.2) is 5.78 Å². The summed E-state index contributed by atoms with van der Waals surface area (Å²) in [6.07, 6.45) is 0.338. The highest BCUT2D eigenvalue weighted by atomic mass is 16.2. The first-order chi connectivity index (χ1) is 13.1. The minimum absolute atomic E-state index is 0.0180. The lowest BCUT2D eigenvalue weighted by molar-refractivity contribution is -0.121. The number of benzene rings is 2. The van der Waals surface area contributed by atoms with E-state index in [2.05, 4.69) is 21.5 Å². The third kappa shape index (κ3) is 4.94. The summed E-state index contributed by atoms with van der Waals surface area (Å²) in [6.45, 7) is -0.0180. The van der Waals surface area contributed by atoms with Crippen LogP contribution in [-0.2, 0) is 14.4 Å². The molecule has 1 fully saturated rings. The standard InChI is InChI=1S/C20H20N4O3/c25-17-13-21-20(27)19(17)16(22-14-7-3-1-4-8-14)11-12-18(26)24-23-15-9-5-2-6-10-15/h1-10,22-23H,11-13H2,(H,21,27)(H,24,26). The number of nitrogens with one attached hydrogen (secondary N) is 4. The molecule has 7 heteroatoms. The van der Waals surface area contributed by atoms with Gasteiger partial charge < -0.3 is 10.6 Å². The van der Waals surface area contributed by atoms with Gasteiger partial charge in [-0.2, -0.15) is 0 Å². The highest BCUT2D eigenvalue weighted by Crippen LogP contribution is 2.19. The van der Waals surface area contributed by atoms with Crippen molar-refractivity contribution in [3.05, 3.63) is 71.9 Å². The lowest BCUT2D eigenvalue weighted by Gasteiger charge is -2.14. The first-order valence-corrected chi connectivity index (χ1v) is 8.60. The van der Waals surface area contributed by atoms with Crippen LogP contribution in [0.3, 0.4) is 0 Å². The fraction of sp³-hybridized carbons (Fsp3) is 0.150. The highest BCUT2D eigenvalue weighted by Gasteiger charge is 2.29. The zero-order valence-corrected chi connectivity index (χ0v) is 14.6. The number of carbonyl (C=O) groups is 3. The number of carbonyl (C=O) groups excluding carboxylic acids is 3. The molecule has 1 heterocycles. The fourth-order valence-corrected chi connectivity index (χ4v) is 2.68. The minimum Gasteiger partial charge on any atom is -0.358 e. The van der Waals surface area contributed by atoms with Gasteiger partial charge in [-0.05, 0) is 30.7 Å². The molecule has 0 aromatic heterocycles. The number of hydrazine groups is 1. The van der Waals surface area contributed by atoms with Crippen molar-refractivity contribution in [2.24, 2.45) is 0 Å². The predicted octanol–water partition coefficient (Wildman–Crippen LogP) is 1.97. The van der Waals surface area contributed by atoms with Gasteiger partial charge in [-0.25, -0.2) is 0 Å². The summed E-state index contributed by atoms with van der Waals surface area (Å²) in [4.78, 5) is 36.2. The Morgan fingerprint density at radius 3 is 2.11 bits per heavy atom. The number of anilines is 2. The molecule has 0 bridgehead atoms. The topological polar surface area (TPSA) is 99.3 Å². The second-order valence-corrected chi connectivity index (χ2v) is 5.99. The molecule has 2 aromatic rings. The number of amides is 2. The van der Waals surface area contributed by atoms with E-state index in [0.29, 0.717) is 5.70 Å². The third-order valence-corrected chi connectivity index (χ3v) is 4.01. The molecule has 0 atom stereocenters. The Morgan fingerprint density at radius 1 is 0.889 bits per heavy atom. The number of rotatable bonds is 7. The van der Waals surface area contributed by atoms with E-state index < -0.39 is 5.91 Å². The summed E-state index contributed by atoms with van der Waals surface area (Å²) in [5.74, 6) is -0.944. The molecule has 4 N–H and O–H groups in total. The van der Waals surface area contributed by atoms with Crippen molar-refractivity contribution in [2.75, 3.05) is 17.3 Å². The Bertz CT molecular complexity index is 845. The maximum Gasteiger partial charge on any atom is 0.257 e. The lowest BCUT2D eigenvalue weighted by atomic mass is 10.1. The molecule has 2 aromatic carbocycles. The molecule has 0 aliphatic carbocycles. The molecule has 3 rings (SSSR count). The second kappa shape index (κ2) is 8.66. The highest BCUT2D eigenvalue weighted by molar-refractivity contribution is 6.25. The van der Waals surface area contributed by atoms with Gasteiger partial charge in [-0.3, -0.25) is 25.2 Å². The van der Waals surface area contributed by atoms with E-state index in [4.69, 9.17) is 0 Å². The molecule has 1 aliphatic heterocycles. The zero-order chi connectivity index (χ0) is 19.1. The number of ketones is 1. The number of hydrogen-bond acceptors (Lipinski definition) is 5. The van der Waals surface area contributed by atoms with Gasteiger partial charge in [-0.15, -0.1) is 0 Å². The molecule has 138 valence electrons. The number of Topliss-reactive ketones (excluding diaryl/α,β-unsaturated/α-hetero) is 1. The monoisotopic (exact) mass is 364 g/mol. The van der Waals surface area contributed by atoms with Gasteiger partial charge in [0.2, 0.25) is 5.91 Å². The van der Waals surface area contributed by atoms with Crippen molar-refractivity contribution in [3.63, 3.8) is 0 Å². The predicted molar refractivity (Wildman–Crippen MR) is 103 cm³/mol. The SMILES string of the molecule is O=C(CCC(Nc1ccccc1)=C1C(=O)CNC1=O)NNc1ccccc1. The molecule has 27 heavy (non-hydrogen) atoms. The van der Waals surface area contributed by atoms with E-state index in [1.54, 1.807) is 0 Å². The van der Waals surface area contributed by atoms with Gasteiger partial charge in [0.25, 0.3) is 5.91 Å². The smallest absolute Gasteiger partial charge is 0.257 e. The third-order valence-electron chi connectivity index (χ3n) is 4.01. The van der Waals surface area contributed by atoms with E-state index in [0.717, 1.165) is 11.4 Å². The van der Waals surface area contributed by atoms with Crippen molar-refractivity contribution in [3.8, 4) is 0 Å². The normalized spacial score (nSPS) is 15.1. The average molecular weight is 364 g/mol. The summed E-state index contributed by atoms with van der Waals surface area (Å²) in [5.41, 5.74) is 7.46. The minimum atomic E-state index is -0.416. The summed E-state index contributed by atoms with van der Waals surface area (Å²) in [7, 11) is 0. The van der Waals surface area contributed by atoms with Crippen LogP contribution in [0, 0.1) is 0 Å². The summed E-state index contributed by atoms with van der Waals surface area (Å²) in [5, 5.41) is 5.63. The van der Waals surface area contributed by atoms with Crippen LogP contribution < -0.4 is 21.5 Å². The molecule has 2 amide bonds. The molecule has 1 aliphatic rings. The molecule has 7 nitrogen and oxygen atoms in total. The summed E-state index contributed by atoms with van der Waals surface area (Å²) >= 11 is 0. The lowest BCUT2D eigenvalue weighted by Crippen LogP contribution is -2.29. The largest absolute Gasteiger partial charge is 0.358 e. The van der Waals surface area contributed by atoms with Crippen LogP contribution in [-0.4, -0.2) is 24.1 Å². The zero-order valence-electron chi connectivity index (χ0n) is 14.6. The number of allylic oxidation sites excluding steroid dienone is 1. The Balaban J connectivity index is 1.66. The molecule has 0 unspecified atom stereocenters. The van der Waals surface area contributed by atoms with Crippen molar-refractivity contribution in [2.45, 2.75) is 12.8 Å². The van der Waals surface area contributed by atoms with Crippen LogP contribution in [0.2, 0.25) is 0 Å². The molecule has 0 saturated carbocycles. The Hall–Kier alpha value is -3.61. The van der Waals surface area contributed by atoms with Crippen molar-refractivity contribution in [1.29, 1.82) is 0 Å². The van der Waals surface area contributed by atoms with Gasteiger partial charge in [0.1, 0.15) is 5.57 Å². The summed E-state index contributed by atoms with van der Waals surface area (Å²) in [6, 6.07) is 18.5. The van der Waals surface area contributed by atoms with E-state index in [1.165, 1.54) is 0 Å². The van der Waals surface area contributed by atoms with Crippen LogP contribution >= 0.6 is 0 Å². The Morgan fingerprint density at radius 2 is 1.52 bits per heavy atom. The molecule has 0 radical (unpaired) electrons. The van der Waals surface area contributed by atoms with Crippen LogP contribution in [0.15, 0.2) is 71.9 Å². The van der Waals surface area contributed by atoms with Gasteiger partial charge in [-0.1, -0.05) is 36.4 Å². The van der Waals surface area contributed by atoms with Crippen LogP contribution in [0.4, 0.5) is 11.4 Å². The maximum absolute atomic E-state index is 12.1. The number of hydrogen-bond donors (Lipinski definition) is 4. The maximum atomic E-state index is 12.1. The van der Waals surface area contributed by atoms with Gasteiger partial charge in [0, 0.05) is 17.8 Å². The number of para-hydroxylation sites is 2. The van der Waals surface area contributed by atoms with E-state index in [9.17, 15) is 14.4 Å². The van der Waals surface area contributed by atoms with Gasteiger partial charge >= 0.3 is 0 Å². The van der Waals surface area contributed by atoms with E-state index in [1.807, 2.05) is 60.7 Å². The van der Waals surface area contributed by atoms with Crippen LogP contribution in [0.25, 0.3) is 0 Å². The molecular weight excluding hydrogens is 344 g/mol. The molecular formula is C20H20N4O3. The first kappa shape index (κ1) is 18.2.